The summed E-state index contributed by atoms with van der Waals surface area (Å²) in [4.78, 5) is 12.8. The summed E-state index contributed by atoms with van der Waals surface area (Å²) in [7, 11) is 0. The fourth-order valence-electron chi connectivity index (χ4n) is 5.35. The Morgan fingerprint density at radius 1 is 0.750 bits per heavy atom. The second-order valence-corrected chi connectivity index (χ2v) is 10.1. The molecular weight excluding hydrogens is 292 g/mol. The first-order valence-electron chi connectivity index (χ1n) is 10.8. The van der Waals surface area contributed by atoms with E-state index in [0.717, 1.165) is 48.3 Å². The van der Waals surface area contributed by atoms with Crippen LogP contribution in [0.4, 0.5) is 0 Å². The first kappa shape index (κ1) is 20.0. The number of ketones is 1. The topological polar surface area (TPSA) is 17.1 Å². The van der Waals surface area contributed by atoms with E-state index >= 15 is 0 Å². The van der Waals surface area contributed by atoms with Crippen LogP contribution in [0.15, 0.2) is 0 Å². The fourth-order valence-corrected chi connectivity index (χ4v) is 5.35. The van der Waals surface area contributed by atoms with Gasteiger partial charge in [-0.1, -0.05) is 54.4 Å². The summed E-state index contributed by atoms with van der Waals surface area (Å²) in [5, 5.41) is 0. The lowest BCUT2D eigenvalue weighted by Crippen LogP contribution is -2.30. The van der Waals surface area contributed by atoms with Gasteiger partial charge in [0.1, 0.15) is 5.78 Å². The van der Waals surface area contributed by atoms with Crippen LogP contribution >= 0.6 is 0 Å². The van der Waals surface area contributed by atoms with Gasteiger partial charge >= 0.3 is 0 Å². The summed E-state index contributed by atoms with van der Waals surface area (Å²) in [6, 6.07) is 0. The molecule has 0 aliphatic heterocycles. The molecule has 6 unspecified atom stereocenters. The molecular formula is C23H42O. The molecule has 6 atom stereocenters. The molecule has 0 aromatic heterocycles. The molecule has 0 amide bonds. The normalized spacial score (nSPS) is 37.8. The molecule has 0 aromatic carbocycles. The number of carbonyl (C=O) groups is 1. The van der Waals surface area contributed by atoms with Crippen LogP contribution in [0.25, 0.3) is 0 Å². The molecule has 2 aliphatic rings. The maximum Gasteiger partial charge on any atom is 0.133 e. The summed E-state index contributed by atoms with van der Waals surface area (Å²) >= 11 is 0. The fraction of sp³-hybridized carbons (Fsp3) is 0.957. The second-order valence-electron chi connectivity index (χ2n) is 10.1. The van der Waals surface area contributed by atoms with Crippen molar-refractivity contribution in [3.8, 4) is 0 Å². The summed E-state index contributed by atoms with van der Waals surface area (Å²) in [5.41, 5.74) is 0. The number of hydrogen-bond acceptors (Lipinski definition) is 1. The third-order valence-corrected chi connectivity index (χ3v) is 7.67. The van der Waals surface area contributed by atoms with E-state index in [-0.39, 0.29) is 0 Å². The van der Waals surface area contributed by atoms with Gasteiger partial charge in [-0.05, 0) is 73.0 Å². The van der Waals surface area contributed by atoms with Gasteiger partial charge in [-0.15, -0.1) is 0 Å². The molecule has 0 heterocycles. The minimum Gasteiger partial charge on any atom is -0.300 e. The Morgan fingerprint density at radius 2 is 1.12 bits per heavy atom. The van der Waals surface area contributed by atoms with Crippen LogP contribution < -0.4 is 0 Å². The Hall–Kier alpha value is -0.330. The van der Waals surface area contributed by atoms with E-state index < -0.39 is 0 Å². The van der Waals surface area contributed by atoms with Crippen LogP contribution in [-0.4, -0.2) is 5.78 Å². The predicted molar refractivity (Wildman–Crippen MR) is 104 cm³/mol. The van der Waals surface area contributed by atoms with Gasteiger partial charge in [0, 0.05) is 12.8 Å². The van der Waals surface area contributed by atoms with Gasteiger partial charge in [-0.2, -0.15) is 0 Å². The molecule has 2 rings (SSSR count). The zero-order valence-corrected chi connectivity index (χ0v) is 17.2. The smallest absolute Gasteiger partial charge is 0.133 e. The maximum absolute atomic E-state index is 12.8. The molecule has 0 radical (unpaired) electrons. The van der Waals surface area contributed by atoms with Gasteiger partial charge in [-0.3, -0.25) is 4.79 Å². The zero-order valence-electron chi connectivity index (χ0n) is 17.2. The highest BCUT2D eigenvalue weighted by atomic mass is 16.1. The molecule has 140 valence electrons. The lowest BCUT2D eigenvalue weighted by Gasteiger charge is -2.38. The summed E-state index contributed by atoms with van der Waals surface area (Å²) in [6.07, 6.45) is 9.71. The Labute approximate surface area is 151 Å². The Morgan fingerprint density at radius 3 is 1.46 bits per heavy atom. The number of hydrogen-bond donors (Lipinski definition) is 0. The number of Topliss-reactive ketones (excluding diaryl/α,β-unsaturated/α-hetero) is 1. The van der Waals surface area contributed by atoms with Crippen LogP contribution in [0.5, 0.6) is 0 Å². The lowest BCUT2D eigenvalue weighted by atomic mass is 9.67. The number of carbonyl (C=O) groups excluding carboxylic acids is 1. The molecule has 0 spiro atoms. The van der Waals surface area contributed by atoms with Crippen LogP contribution in [-0.2, 0) is 4.79 Å². The second kappa shape index (κ2) is 8.86. The van der Waals surface area contributed by atoms with Crippen molar-refractivity contribution in [2.75, 3.05) is 0 Å². The van der Waals surface area contributed by atoms with E-state index in [1.807, 2.05) is 0 Å². The van der Waals surface area contributed by atoms with Crippen LogP contribution in [0.1, 0.15) is 92.9 Å². The Balaban J connectivity index is 1.87. The lowest BCUT2D eigenvalue weighted by molar-refractivity contribution is -0.122. The average molecular weight is 335 g/mol. The van der Waals surface area contributed by atoms with Crippen molar-refractivity contribution in [3.63, 3.8) is 0 Å². The van der Waals surface area contributed by atoms with Gasteiger partial charge in [-0.25, -0.2) is 0 Å². The van der Waals surface area contributed by atoms with Gasteiger partial charge in [0.2, 0.25) is 0 Å². The highest BCUT2D eigenvalue weighted by Gasteiger charge is 2.33. The van der Waals surface area contributed by atoms with Crippen LogP contribution in [0.3, 0.4) is 0 Å². The Bertz CT molecular complexity index is 361. The maximum atomic E-state index is 12.8. The van der Waals surface area contributed by atoms with Gasteiger partial charge in [0.15, 0.2) is 0 Å². The predicted octanol–water partition coefficient (Wildman–Crippen LogP) is 6.75. The van der Waals surface area contributed by atoms with Crippen molar-refractivity contribution >= 4 is 5.78 Å². The zero-order chi connectivity index (χ0) is 17.9. The van der Waals surface area contributed by atoms with E-state index in [9.17, 15) is 4.79 Å². The van der Waals surface area contributed by atoms with Crippen LogP contribution in [0, 0.1) is 47.3 Å². The highest BCUT2D eigenvalue weighted by molar-refractivity contribution is 5.79. The summed E-state index contributed by atoms with van der Waals surface area (Å²) < 4.78 is 0. The van der Waals surface area contributed by atoms with E-state index in [1.54, 1.807) is 0 Å². The van der Waals surface area contributed by atoms with Gasteiger partial charge in [0.25, 0.3) is 0 Å². The monoisotopic (exact) mass is 334 g/mol. The summed E-state index contributed by atoms with van der Waals surface area (Å²) in [5.74, 6) is 6.61. The molecule has 24 heavy (non-hydrogen) atoms. The SMILES string of the molecule is CC(C)C1CCC(C)C(CC(=O)CC2CC(C(C)C)CCC2C)C1. The standard InChI is InChI=1S/C23H42O/c1-15(2)19-9-7-17(5)21(11-19)13-23(24)14-22-12-20(16(3)4)10-8-18(22)6/h15-22H,7-14H2,1-6H3. The van der Waals surface area contributed by atoms with Crippen molar-refractivity contribution in [3.05, 3.63) is 0 Å². The Kier molecular flexibility index (Phi) is 7.38. The summed E-state index contributed by atoms with van der Waals surface area (Å²) in [6.45, 7) is 14.2. The third-order valence-electron chi connectivity index (χ3n) is 7.67. The van der Waals surface area contributed by atoms with Crippen molar-refractivity contribution in [2.45, 2.75) is 92.9 Å². The van der Waals surface area contributed by atoms with Crippen molar-refractivity contribution in [1.82, 2.24) is 0 Å². The minimum absolute atomic E-state index is 0.567. The molecule has 0 saturated heterocycles. The molecule has 0 bridgehead atoms. The molecule has 0 aromatic rings. The first-order chi connectivity index (χ1) is 11.3. The van der Waals surface area contributed by atoms with E-state index in [2.05, 4.69) is 41.5 Å². The van der Waals surface area contributed by atoms with Crippen molar-refractivity contribution < 1.29 is 4.79 Å². The van der Waals surface area contributed by atoms with E-state index in [0.29, 0.717) is 17.6 Å². The molecule has 0 N–H and O–H groups in total. The van der Waals surface area contributed by atoms with Gasteiger partial charge < -0.3 is 0 Å². The molecule has 1 heteroatoms. The number of rotatable bonds is 6. The highest BCUT2D eigenvalue weighted by Crippen LogP contribution is 2.42. The van der Waals surface area contributed by atoms with E-state index in [4.69, 9.17) is 0 Å². The molecule has 2 aliphatic carbocycles. The largest absolute Gasteiger partial charge is 0.300 e. The molecule has 1 nitrogen and oxygen atoms in total. The quantitative estimate of drug-likeness (QED) is 0.525. The average Bonchev–Trinajstić information content (AvgIpc) is 2.51. The first-order valence-corrected chi connectivity index (χ1v) is 10.8. The molecule has 2 saturated carbocycles. The van der Waals surface area contributed by atoms with Crippen LogP contribution in [0.2, 0.25) is 0 Å². The van der Waals surface area contributed by atoms with E-state index in [1.165, 1.54) is 38.5 Å². The third kappa shape index (κ3) is 5.33. The van der Waals surface area contributed by atoms with Gasteiger partial charge in [0.05, 0.1) is 0 Å². The molecule has 2 fully saturated rings. The van der Waals surface area contributed by atoms with Crippen molar-refractivity contribution in [1.29, 1.82) is 0 Å². The minimum atomic E-state index is 0.567. The van der Waals surface area contributed by atoms with Crippen molar-refractivity contribution in [2.24, 2.45) is 47.3 Å².